The van der Waals surface area contributed by atoms with Gasteiger partial charge in [-0.1, -0.05) is 55.3 Å². The van der Waals surface area contributed by atoms with Gasteiger partial charge in [0, 0.05) is 0 Å². The maximum atomic E-state index is 12.4. The van der Waals surface area contributed by atoms with Crippen molar-refractivity contribution in [3.8, 4) is 0 Å². The third kappa shape index (κ3) is 3.38. The highest BCUT2D eigenvalue weighted by Crippen LogP contribution is 2.25. The average molecular weight is 351 g/mol. The Labute approximate surface area is 152 Å². The summed E-state index contributed by atoms with van der Waals surface area (Å²) in [5.74, 6) is -1.91. The highest BCUT2D eigenvalue weighted by atomic mass is 16.7. The maximum Gasteiger partial charge on any atom is 0.340 e. The second-order valence-electron chi connectivity index (χ2n) is 6.92. The van der Waals surface area contributed by atoms with E-state index in [1.807, 2.05) is 24.3 Å². The minimum Gasteiger partial charge on any atom is -0.329 e. The number of amides is 2. The van der Waals surface area contributed by atoms with Gasteiger partial charge in [-0.05, 0) is 42.5 Å². The molecule has 5 nitrogen and oxygen atoms in total. The van der Waals surface area contributed by atoms with E-state index < -0.39 is 23.7 Å². The summed E-state index contributed by atoms with van der Waals surface area (Å²) >= 11 is 0. The quantitative estimate of drug-likeness (QED) is 0.770. The molecule has 0 bridgehead atoms. The van der Waals surface area contributed by atoms with Crippen LogP contribution in [0, 0.1) is 5.92 Å². The molecule has 0 N–H and O–H groups in total. The Kier molecular flexibility index (Phi) is 4.89. The fourth-order valence-corrected chi connectivity index (χ4v) is 2.97. The fourth-order valence-electron chi connectivity index (χ4n) is 2.97. The molecule has 3 rings (SSSR count). The smallest absolute Gasteiger partial charge is 0.329 e. The number of hydrogen-bond donors (Lipinski definition) is 0. The molecule has 1 aliphatic heterocycles. The van der Waals surface area contributed by atoms with Crippen molar-refractivity contribution in [2.75, 3.05) is 0 Å². The summed E-state index contributed by atoms with van der Waals surface area (Å²) in [5.41, 5.74) is 2.47. The molecule has 0 fully saturated rings. The SMILES string of the molecule is CC(C)Cc1ccc(C(C)C(=O)ON2C(=O)c3ccccc3C2=O)cc1. The minimum atomic E-state index is -0.642. The van der Waals surface area contributed by atoms with Crippen LogP contribution >= 0.6 is 0 Å². The molecule has 2 aromatic carbocycles. The van der Waals surface area contributed by atoms with E-state index in [1.165, 1.54) is 5.56 Å². The lowest BCUT2D eigenvalue weighted by molar-refractivity contribution is -0.170. The zero-order chi connectivity index (χ0) is 18.8. The molecule has 0 aromatic heterocycles. The number of hydroxylamine groups is 2. The standard InChI is InChI=1S/C21H21NO4/c1-13(2)12-15-8-10-16(11-9-15)14(3)21(25)26-22-19(23)17-6-4-5-7-18(17)20(22)24/h4-11,13-14H,12H2,1-3H3. The van der Waals surface area contributed by atoms with Crippen molar-refractivity contribution in [1.29, 1.82) is 0 Å². The average Bonchev–Trinajstić information content (AvgIpc) is 2.86. The third-order valence-corrected chi connectivity index (χ3v) is 4.42. The number of benzene rings is 2. The van der Waals surface area contributed by atoms with E-state index in [0.717, 1.165) is 12.0 Å². The number of fused-ring (bicyclic) bond motifs is 1. The number of carbonyl (C=O) groups is 3. The van der Waals surface area contributed by atoms with Crippen molar-refractivity contribution in [1.82, 2.24) is 5.06 Å². The Morgan fingerprint density at radius 2 is 1.46 bits per heavy atom. The van der Waals surface area contributed by atoms with Crippen LogP contribution in [0.1, 0.15) is 58.5 Å². The van der Waals surface area contributed by atoms with Crippen molar-refractivity contribution >= 4 is 17.8 Å². The lowest BCUT2D eigenvalue weighted by Gasteiger charge is -2.17. The van der Waals surface area contributed by atoms with Crippen LogP contribution in [-0.2, 0) is 16.1 Å². The van der Waals surface area contributed by atoms with Crippen molar-refractivity contribution in [3.05, 3.63) is 70.8 Å². The Morgan fingerprint density at radius 1 is 0.923 bits per heavy atom. The molecule has 1 atom stereocenters. The lowest BCUT2D eigenvalue weighted by Crippen LogP contribution is -2.34. The molecule has 1 aliphatic rings. The van der Waals surface area contributed by atoms with Gasteiger partial charge in [0.05, 0.1) is 17.0 Å². The van der Waals surface area contributed by atoms with Crippen molar-refractivity contribution in [2.24, 2.45) is 5.92 Å². The van der Waals surface area contributed by atoms with E-state index in [9.17, 15) is 14.4 Å². The second-order valence-corrected chi connectivity index (χ2v) is 6.92. The van der Waals surface area contributed by atoms with Crippen LogP contribution in [0.3, 0.4) is 0 Å². The first-order chi connectivity index (χ1) is 12.4. The minimum absolute atomic E-state index is 0.246. The van der Waals surface area contributed by atoms with Crippen LogP contribution in [0.15, 0.2) is 48.5 Å². The topological polar surface area (TPSA) is 63.7 Å². The van der Waals surface area contributed by atoms with Gasteiger partial charge < -0.3 is 4.84 Å². The van der Waals surface area contributed by atoms with Crippen LogP contribution in [0.25, 0.3) is 0 Å². The number of rotatable bonds is 5. The third-order valence-electron chi connectivity index (χ3n) is 4.42. The van der Waals surface area contributed by atoms with Gasteiger partial charge >= 0.3 is 5.97 Å². The number of imide groups is 1. The highest BCUT2D eigenvalue weighted by Gasteiger charge is 2.39. The van der Waals surface area contributed by atoms with Gasteiger partial charge in [0.2, 0.25) is 0 Å². The van der Waals surface area contributed by atoms with Gasteiger partial charge in [0.15, 0.2) is 0 Å². The molecule has 0 saturated carbocycles. The van der Waals surface area contributed by atoms with Crippen LogP contribution < -0.4 is 0 Å². The van der Waals surface area contributed by atoms with E-state index in [2.05, 4.69) is 13.8 Å². The largest absolute Gasteiger partial charge is 0.340 e. The molecule has 1 heterocycles. The summed E-state index contributed by atoms with van der Waals surface area (Å²) in [5, 5.41) is 0.552. The molecule has 1 unspecified atom stereocenters. The normalized spacial score (nSPS) is 14.5. The van der Waals surface area contributed by atoms with E-state index in [1.54, 1.807) is 31.2 Å². The summed E-state index contributed by atoms with van der Waals surface area (Å²) in [6.07, 6.45) is 0.966. The molecule has 0 aliphatic carbocycles. The summed E-state index contributed by atoms with van der Waals surface area (Å²) in [6.45, 7) is 5.99. The van der Waals surface area contributed by atoms with Gasteiger partial charge in [-0.3, -0.25) is 9.59 Å². The first-order valence-corrected chi connectivity index (χ1v) is 8.67. The lowest BCUT2D eigenvalue weighted by atomic mass is 9.97. The Balaban J connectivity index is 1.70. The number of carbonyl (C=O) groups excluding carboxylic acids is 3. The number of hydrogen-bond acceptors (Lipinski definition) is 4. The van der Waals surface area contributed by atoms with Crippen LogP contribution in [0.4, 0.5) is 0 Å². The van der Waals surface area contributed by atoms with E-state index >= 15 is 0 Å². The second kappa shape index (κ2) is 7.12. The van der Waals surface area contributed by atoms with Crippen LogP contribution in [0.2, 0.25) is 0 Å². The molecule has 2 amide bonds. The van der Waals surface area contributed by atoms with Gasteiger partial charge in [-0.15, -0.1) is 0 Å². The van der Waals surface area contributed by atoms with Gasteiger partial charge in [-0.2, -0.15) is 0 Å². The van der Waals surface area contributed by atoms with Gasteiger partial charge in [0.25, 0.3) is 11.8 Å². The predicted octanol–water partition coefficient (Wildman–Crippen LogP) is 3.74. The van der Waals surface area contributed by atoms with Gasteiger partial charge in [-0.25, -0.2) is 4.79 Å². The zero-order valence-electron chi connectivity index (χ0n) is 15.1. The highest BCUT2D eigenvalue weighted by molar-refractivity contribution is 6.20. The molecule has 2 aromatic rings. The Morgan fingerprint density at radius 3 is 1.96 bits per heavy atom. The Hall–Kier alpha value is -2.95. The molecular formula is C21H21NO4. The van der Waals surface area contributed by atoms with Crippen LogP contribution in [-0.4, -0.2) is 22.8 Å². The molecule has 134 valence electrons. The summed E-state index contributed by atoms with van der Waals surface area (Å²) in [6, 6.07) is 14.1. The molecule has 0 saturated heterocycles. The van der Waals surface area contributed by atoms with E-state index in [4.69, 9.17) is 4.84 Å². The first kappa shape index (κ1) is 17.9. The molecule has 5 heteroatoms. The van der Waals surface area contributed by atoms with Crippen LogP contribution in [0.5, 0.6) is 0 Å². The first-order valence-electron chi connectivity index (χ1n) is 8.67. The molecule has 0 radical (unpaired) electrons. The van der Waals surface area contributed by atoms with Crippen molar-refractivity contribution < 1.29 is 19.2 Å². The predicted molar refractivity (Wildman–Crippen MR) is 96.4 cm³/mol. The zero-order valence-corrected chi connectivity index (χ0v) is 15.1. The fraction of sp³-hybridized carbons (Fsp3) is 0.286. The number of nitrogens with zero attached hydrogens (tertiary/aromatic N) is 1. The monoisotopic (exact) mass is 351 g/mol. The summed E-state index contributed by atoms with van der Waals surface area (Å²) in [4.78, 5) is 42.1. The molecular weight excluding hydrogens is 330 g/mol. The van der Waals surface area contributed by atoms with Gasteiger partial charge in [0.1, 0.15) is 0 Å². The van der Waals surface area contributed by atoms with E-state index in [-0.39, 0.29) is 11.1 Å². The maximum absolute atomic E-state index is 12.4. The molecule has 0 spiro atoms. The molecule has 26 heavy (non-hydrogen) atoms. The summed E-state index contributed by atoms with van der Waals surface area (Å²) < 4.78 is 0. The van der Waals surface area contributed by atoms with Crippen molar-refractivity contribution in [3.63, 3.8) is 0 Å². The summed E-state index contributed by atoms with van der Waals surface area (Å²) in [7, 11) is 0. The van der Waals surface area contributed by atoms with Crippen molar-refractivity contribution in [2.45, 2.75) is 33.1 Å². The van der Waals surface area contributed by atoms with E-state index in [0.29, 0.717) is 11.0 Å². The Bertz CT molecular complexity index is 820.